The van der Waals surface area contributed by atoms with Gasteiger partial charge in [0, 0.05) is 13.1 Å². The average Bonchev–Trinajstić information content (AvgIpc) is 2.30. The van der Waals surface area contributed by atoms with Crippen molar-refractivity contribution in [1.82, 2.24) is 10.2 Å². The van der Waals surface area contributed by atoms with E-state index in [0.717, 1.165) is 5.56 Å². The molecule has 112 valence electrons. The molecule has 1 aromatic rings. The van der Waals surface area contributed by atoms with Crippen LogP contribution in [0.5, 0.6) is 0 Å². The minimum Gasteiger partial charge on any atom is -0.387 e. The van der Waals surface area contributed by atoms with Gasteiger partial charge in [0.25, 0.3) is 0 Å². The Morgan fingerprint density at radius 2 is 2.10 bits per heavy atom. The molecule has 0 heterocycles. The van der Waals surface area contributed by atoms with Gasteiger partial charge in [0.15, 0.2) is 0 Å². The maximum atomic E-state index is 13.5. The summed E-state index contributed by atoms with van der Waals surface area (Å²) < 4.78 is 13.5. The molecule has 3 N–H and O–H groups in total. The lowest BCUT2D eigenvalue weighted by Crippen LogP contribution is -2.48. The van der Waals surface area contributed by atoms with Crippen LogP contribution in [0, 0.1) is 12.7 Å². The monoisotopic (exact) mass is 283 g/mol. The number of halogens is 1. The minimum absolute atomic E-state index is 0.0739. The third kappa shape index (κ3) is 5.54. The summed E-state index contributed by atoms with van der Waals surface area (Å²) in [5, 5.41) is 15.0. The van der Waals surface area contributed by atoms with Gasteiger partial charge in [-0.05, 0) is 45.6 Å². The van der Waals surface area contributed by atoms with E-state index in [1.165, 1.54) is 6.07 Å². The normalized spacial score (nSPS) is 13.9. The number of aryl methyl sites for hydroxylation is 1. The molecule has 6 heteroatoms. The maximum absolute atomic E-state index is 13.5. The Labute approximate surface area is 118 Å². The number of amides is 2. The smallest absolute Gasteiger partial charge is 0.319 e. The zero-order valence-corrected chi connectivity index (χ0v) is 12.3. The molecule has 0 saturated heterocycles. The van der Waals surface area contributed by atoms with Gasteiger partial charge in [0.2, 0.25) is 0 Å². The van der Waals surface area contributed by atoms with Gasteiger partial charge in [-0.2, -0.15) is 0 Å². The number of carbonyl (C=O) groups excluding carboxylic acids is 1. The van der Waals surface area contributed by atoms with E-state index in [1.807, 2.05) is 25.9 Å². The summed E-state index contributed by atoms with van der Waals surface area (Å²) in [5.74, 6) is -0.495. The molecular weight excluding hydrogens is 261 g/mol. The van der Waals surface area contributed by atoms with Crippen LogP contribution in [0.2, 0.25) is 0 Å². The first-order valence-corrected chi connectivity index (χ1v) is 6.38. The second-order valence-corrected chi connectivity index (χ2v) is 5.53. The fourth-order valence-electron chi connectivity index (χ4n) is 1.91. The van der Waals surface area contributed by atoms with Crippen LogP contribution >= 0.6 is 0 Å². The van der Waals surface area contributed by atoms with E-state index in [4.69, 9.17) is 0 Å². The molecule has 1 aromatic carbocycles. The van der Waals surface area contributed by atoms with Crippen LogP contribution in [0.15, 0.2) is 18.2 Å². The van der Waals surface area contributed by atoms with Crippen molar-refractivity contribution in [3.63, 3.8) is 0 Å². The fraction of sp³-hybridized carbons (Fsp3) is 0.500. The first-order valence-electron chi connectivity index (χ1n) is 6.38. The number of benzene rings is 1. The molecular formula is C14H22FN3O2. The van der Waals surface area contributed by atoms with Gasteiger partial charge in [-0.1, -0.05) is 6.07 Å². The number of aliphatic hydroxyl groups is 1. The van der Waals surface area contributed by atoms with Crippen LogP contribution in [0.25, 0.3) is 0 Å². The SMILES string of the molecule is Cc1ccc(F)c(NC(=O)NCC(C)(O)CN(C)C)c1. The molecule has 1 rings (SSSR count). The van der Waals surface area contributed by atoms with E-state index >= 15 is 0 Å². The zero-order chi connectivity index (χ0) is 15.3. The van der Waals surface area contributed by atoms with Crippen LogP contribution in [0.1, 0.15) is 12.5 Å². The lowest BCUT2D eigenvalue weighted by molar-refractivity contribution is 0.0364. The van der Waals surface area contributed by atoms with Crippen molar-refractivity contribution in [3.05, 3.63) is 29.6 Å². The number of rotatable bonds is 5. The van der Waals surface area contributed by atoms with Gasteiger partial charge in [-0.15, -0.1) is 0 Å². The largest absolute Gasteiger partial charge is 0.387 e. The number of carbonyl (C=O) groups is 1. The summed E-state index contributed by atoms with van der Waals surface area (Å²) >= 11 is 0. The van der Waals surface area contributed by atoms with E-state index < -0.39 is 17.4 Å². The zero-order valence-electron chi connectivity index (χ0n) is 12.3. The van der Waals surface area contributed by atoms with Crippen LogP contribution in [-0.4, -0.2) is 48.8 Å². The highest BCUT2D eigenvalue weighted by molar-refractivity contribution is 5.89. The average molecular weight is 283 g/mol. The highest BCUT2D eigenvalue weighted by Gasteiger charge is 2.22. The number of urea groups is 1. The second-order valence-electron chi connectivity index (χ2n) is 5.53. The van der Waals surface area contributed by atoms with Crippen molar-refractivity contribution >= 4 is 11.7 Å². The fourth-order valence-corrected chi connectivity index (χ4v) is 1.91. The topological polar surface area (TPSA) is 64.6 Å². The summed E-state index contributed by atoms with van der Waals surface area (Å²) in [6.45, 7) is 3.92. The van der Waals surface area contributed by atoms with Gasteiger partial charge in [-0.25, -0.2) is 9.18 Å². The van der Waals surface area contributed by atoms with Gasteiger partial charge < -0.3 is 20.6 Å². The second kappa shape index (κ2) is 6.67. The quantitative estimate of drug-likeness (QED) is 0.768. The molecule has 1 unspecified atom stereocenters. The van der Waals surface area contributed by atoms with Crippen LogP contribution < -0.4 is 10.6 Å². The highest BCUT2D eigenvalue weighted by Crippen LogP contribution is 2.15. The molecule has 0 fully saturated rings. The Hall–Kier alpha value is -1.66. The van der Waals surface area contributed by atoms with Crippen molar-refractivity contribution < 1.29 is 14.3 Å². The van der Waals surface area contributed by atoms with E-state index in [9.17, 15) is 14.3 Å². The Kier molecular flexibility index (Phi) is 5.47. The van der Waals surface area contributed by atoms with Gasteiger partial charge in [0.1, 0.15) is 5.82 Å². The summed E-state index contributed by atoms with van der Waals surface area (Å²) in [5.41, 5.74) is -0.0810. The predicted octanol–water partition coefficient (Wildman–Crippen LogP) is 1.57. The minimum atomic E-state index is -1.05. The molecule has 0 saturated carbocycles. The number of nitrogens with one attached hydrogen (secondary N) is 2. The van der Waals surface area contributed by atoms with Crippen LogP contribution in [0.4, 0.5) is 14.9 Å². The van der Waals surface area contributed by atoms with Gasteiger partial charge in [0.05, 0.1) is 11.3 Å². The number of hydrogen-bond donors (Lipinski definition) is 3. The Bertz CT molecular complexity index is 475. The van der Waals surface area contributed by atoms with Gasteiger partial charge in [-0.3, -0.25) is 0 Å². The number of anilines is 1. The molecule has 0 aromatic heterocycles. The lowest BCUT2D eigenvalue weighted by Gasteiger charge is -2.27. The van der Waals surface area contributed by atoms with Crippen molar-refractivity contribution in [3.8, 4) is 0 Å². The summed E-state index contributed by atoms with van der Waals surface area (Å²) in [6.07, 6.45) is 0. The summed E-state index contributed by atoms with van der Waals surface area (Å²) in [6, 6.07) is 3.92. The van der Waals surface area contributed by atoms with Crippen LogP contribution in [-0.2, 0) is 0 Å². The Balaban J connectivity index is 2.54. The van der Waals surface area contributed by atoms with Crippen LogP contribution in [0.3, 0.4) is 0 Å². The third-order valence-corrected chi connectivity index (χ3v) is 2.66. The van der Waals surface area contributed by atoms with E-state index in [-0.39, 0.29) is 12.2 Å². The third-order valence-electron chi connectivity index (χ3n) is 2.66. The Morgan fingerprint density at radius 3 is 2.70 bits per heavy atom. The number of hydrogen-bond acceptors (Lipinski definition) is 3. The van der Waals surface area contributed by atoms with Gasteiger partial charge >= 0.3 is 6.03 Å². The molecule has 0 radical (unpaired) electrons. The van der Waals surface area contributed by atoms with Crippen molar-refractivity contribution in [2.24, 2.45) is 0 Å². The maximum Gasteiger partial charge on any atom is 0.319 e. The Morgan fingerprint density at radius 1 is 1.45 bits per heavy atom. The van der Waals surface area contributed by atoms with E-state index in [0.29, 0.717) is 6.54 Å². The first-order chi connectivity index (χ1) is 9.19. The van der Waals surface area contributed by atoms with Crippen molar-refractivity contribution in [2.45, 2.75) is 19.4 Å². The van der Waals surface area contributed by atoms with E-state index in [1.54, 1.807) is 19.1 Å². The van der Waals surface area contributed by atoms with Crippen molar-refractivity contribution in [1.29, 1.82) is 0 Å². The van der Waals surface area contributed by atoms with E-state index in [2.05, 4.69) is 10.6 Å². The predicted molar refractivity (Wildman–Crippen MR) is 77.3 cm³/mol. The first kappa shape index (κ1) is 16.4. The number of nitrogens with zero attached hydrogens (tertiary/aromatic N) is 1. The standard InChI is InChI=1S/C14H22FN3O2/c1-10-5-6-11(15)12(7-10)17-13(19)16-8-14(2,20)9-18(3)4/h5-7,20H,8-9H2,1-4H3,(H2,16,17,19). The molecule has 20 heavy (non-hydrogen) atoms. The summed E-state index contributed by atoms with van der Waals surface area (Å²) in [4.78, 5) is 13.5. The highest BCUT2D eigenvalue weighted by atomic mass is 19.1. The molecule has 0 spiro atoms. The molecule has 0 bridgehead atoms. The molecule has 0 aliphatic rings. The molecule has 1 atom stereocenters. The van der Waals surface area contributed by atoms with Crippen molar-refractivity contribution in [2.75, 3.05) is 32.5 Å². The lowest BCUT2D eigenvalue weighted by atomic mass is 10.1. The summed E-state index contributed by atoms with van der Waals surface area (Å²) in [7, 11) is 3.66. The number of likely N-dealkylation sites (N-methyl/N-ethyl adjacent to an activating group) is 1. The molecule has 0 aliphatic heterocycles. The molecule has 0 aliphatic carbocycles. The molecule has 2 amide bonds. The molecule has 5 nitrogen and oxygen atoms in total.